The van der Waals surface area contributed by atoms with Crippen LogP contribution in [0.1, 0.15) is 35.6 Å². The summed E-state index contributed by atoms with van der Waals surface area (Å²) in [6.07, 6.45) is 4.46. The molecule has 1 aromatic heterocycles. The van der Waals surface area contributed by atoms with Crippen LogP contribution in [0.4, 0.5) is 0 Å². The molecule has 1 aliphatic carbocycles. The van der Waals surface area contributed by atoms with E-state index >= 15 is 0 Å². The van der Waals surface area contributed by atoms with Gasteiger partial charge in [0.05, 0.1) is 18.6 Å². The third-order valence-corrected chi connectivity index (χ3v) is 4.07. The largest absolute Gasteiger partial charge is 0.265 e. The van der Waals surface area contributed by atoms with Gasteiger partial charge in [0.25, 0.3) is 0 Å². The molecular weight excluding hydrogens is 312 g/mol. The second-order valence-electron chi connectivity index (χ2n) is 4.75. The molecule has 2 nitrogen and oxygen atoms in total. The van der Waals surface area contributed by atoms with Crippen LogP contribution in [0, 0.1) is 0 Å². The van der Waals surface area contributed by atoms with E-state index in [0.29, 0.717) is 11.8 Å². The first-order chi connectivity index (χ1) is 8.78. The van der Waals surface area contributed by atoms with Crippen molar-refractivity contribution in [1.29, 1.82) is 0 Å². The molecule has 0 amide bonds. The second kappa shape index (κ2) is 5.06. The van der Waals surface area contributed by atoms with Crippen LogP contribution >= 0.6 is 27.5 Å². The first-order valence-electron chi connectivity index (χ1n) is 6.13. The summed E-state index contributed by atoms with van der Waals surface area (Å²) in [5, 5.41) is 4.49. The number of hydrogen-bond donors (Lipinski definition) is 0. The van der Waals surface area contributed by atoms with Gasteiger partial charge in [0.15, 0.2) is 0 Å². The van der Waals surface area contributed by atoms with Crippen molar-refractivity contribution in [3.8, 4) is 0 Å². The number of rotatable bonds is 4. The summed E-state index contributed by atoms with van der Waals surface area (Å²) in [7, 11) is 0. The molecule has 0 unspecified atom stereocenters. The zero-order chi connectivity index (χ0) is 12.5. The van der Waals surface area contributed by atoms with E-state index in [-0.39, 0.29) is 0 Å². The molecule has 0 N–H and O–H groups in total. The van der Waals surface area contributed by atoms with E-state index in [1.165, 1.54) is 29.7 Å². The molecule has 94 valence electrons. The maximum absolute atomic E-state index is 5.98. The number of nitrogens with zero attached hydrogens (tertiary/aromatic N) is 2. The molecule has 2 aromatic rings. The van der Waals surface area contributed by atoms with E-state index in [0.717, 1.165) is 11.0 Å². The number of hydrogen-bond acceptors (Lipinski definition) is 1. The van der Waals surface area contributed by atoms with Crippen LogP contribution in [0.3, 0.4) is 0 Å². The van der Waals surface area contributed by atoms with E-state index in [1.807, 2.05) is 12.3 Å². The molecule has 0 saturated heterocycles. The average Bonchev–Trinajstić information content (AvgIpc) is 3.11. The number of alkyl halides is 1. The molecule has 18 heavy (non-hydrogen) atoms. The Kier molecular flexibility index (Phi) is 3.44. The standard InChI is InChI=1S/C14H14BrClN2/c15-13-3-1-2-10(6-13)9-18-14(11-4-5-11)12(7-16)8-17-18/h1-3,6,8,11H,4-5,7,9H2. The van der Waals surface area contributed by atoms with Gasteiger partial charge in [-0.1, -0.05) is 28.1 Å². The highest BCUT2D eigenvalue weighted by Gasteiger charge is 2.29. The van der Waals surface area contributed by atoms with Crippen LogP contribution < -0.4 is 0 Å². The molecule has 0 spiro atoms. The Hall–Kier alpha value is -0.800. The van der Waals surface area contributed by atoms with Gasteiger partial charge in [-0.2, -0.15) is 5.10 Å². The van der Waals surface area contributed by atoms with Crippen molar-refractivity contribution in [3.63, 3.8) is 0 Å². The van der Waals surface area contributed by atoms with Gasteiger partial charge in [-0.3, -0.25) is 4.68 Å². The Bertz CT molecular complexity index is 561. The third kappa shape index (κ3) is 2.47. The topological polar surface area (TPSA) is 17.8 Å². The number of benzene rings is 1. The molecule has 0 aliphatic heterocycles. The second-order valence-corrected chi connectivity index (χ2v) is 5.93. The normalized spacial score (nSPS) is 15.0. The summed E-state index contributed by atoms with van der Waals surface area (Å²) in [5.74, 6) is 1.23. The minimum atomic E-state index is 0.560. The van der Waals surface area contributed by atoms with E-state index < -0.39 is 0 Å². The van der Waals surface area contributed by atoms with Gasteiger partial charge in [0.1, 0.15) is 0 Å². The molecule has 3 rings (SSSR count). The van der Waals surface area contributed by atoms with Gasteiger partial charge in [-0.15, -0.1) is 11.6 Å². The first-order valence-corrected chi connectivity index (χ1v) is 7.45. The fourth-order valence-corrected chi connectivity index (χ4v) is 2.95. The summed E-state index contributed by atoms with van der Waals surface area (Å²) in [6, 6.07) is 8.36. The molecule has 1 heterocycles. The maximum atomic E-state index is 5.98. The summed E-state index contributed by atoms with van der Waals surface area (Å²) < 4.78 is 3.22. The van der Waals surface area contributed by atoms with Crippen LogP contribution in [-0.2, 0) is 12.4 Å². The summed E-state index contributed by atoms with van der Waals surface area (Å²) in [4.78, 5) is 0. The lowest BCUT2D eigenvalue weighted by molar-refractivity contribution is 0.645. The summed E-state index contributed by atoms with van der Waals surface area (Å²) in [5.41, 5.74) is 3.79. The van der Waals surface area contributed by atoms with E-state index in [1.54, 1.807) is 0 Å². The molecule has 1 aromatic carbocycles. The summed E-state index contributed by atoms with van der Waals surface area (Å²) >= 11 is 9.49. The average molecular weight is 326 g/mol. The van der Waals surface area contributed by atoms with Gasteiger partial charge >= 0.3 is 0 Å². The third-order valence-electron chi connectivity index (χ3n) is 3.29. The lowest BCUT2D eigenvalue weighted by Crippen LogP contribution is -2.06. The van der Waals surface area contributed by atoms with Crippen LogP contribution in [0.5, 0.6) is 0 Å². The van der Waals surface area contributed by atoms with E-state index in [9.17, 15) is 0 Å². The van der Waals surface area contributed by atoms with Crippen molar-refractivity contribution >= 4 is 27.5 Å². The minimum Gasteiger partial charge on any atom is -0.265 e. The predicted octanol–water partition coefficient (Wildman–Crippen LogP) is 4.31. The Morgan fingerprint density at radius 3 is 2.89 bits per heavy atom. The van der Waals surface area contributed by atoms with Crippen molar-refractivity contribution in [2.45, 2.75) is 31.2 Å². The molecule has 0 atom stereocenters. The Balaban J connectivity index is 1.90. The summed E-state index contributed by atoms with van der Waals surface area (Å²) in [6.45, 7) is 0.822. The highest BCUT2D eigenvalue weighted by atomic mass is 79.9. The van der Waals surface area contributed by atoms with Gasteiger partial charge in [0.2, 0.25) is 0 Å². The van der Waals surface area contributed by atoms with Crippen LogP contribution in [0.15, 0.2) is 34.9 Å². The van der Waals surface area contributed by atoms with Crippen LogP contribution in [0.2, 0.25) is 0 Å². The molecule has 1 aliphatic rings. The number of aromatic nitrogens is 2. The van der Waals surface area contributed by atoms with Crippen molar-refractivity contribution in [3.05, 3.63) is 51.8 Å². The lowest BCUT2D eigenvalue weighted by Gasteiger charge is -2.08. The van der Waals surface area contributed by atoms with Gasteiger partial charge in [-0.05, 0) is 30.5 Å². The number of halogens is 2. The molecule has 1 fully saturated rings. The predicted molar refractivity (Wildman–Crippen MR) is 77.0 cm³/mol. The molecular formula is C14H14BrClN2. The van der Waals surface area contributed by atoms with Gasteiger partial charge < -0.3 is 0 Å². The van der Waals surface area contributed by atoms with Crippen molar-refractivity contribution < 1.29 is 0 Å². The fourth-order valence-electron chi connectivity index (χ4n) is 2.30. The highest BCUT2D eigenvalue weighted by Crippen LogP contribution is 2.42. The molecule has 0 radical (unpaired) electrons. The smallest absolute Gasteiger partial charge is 0.0663 e. The minimum absolute atomic E-state index is 0.560. The Labute approximate surface area is 120 Å². The van der Waals surface area contributed by atoms with Crippen molar-refractivity contribution in [2.24, 2.45) is 0 Å². The van der Waals surface area contributed by atoms with E-state index in [4.69, 9.17) is 11.6 Å². The first kappa shape index (κ1) is 12.2. The molecule has 4 heteroatoms. The quantitative estimate of drug-likeness (QED) is 0.766. The highest BCUT2D eigenvalue weighted by molar-refractivity contribution is 9.10. The van der Waals surface area contributed by atoms with Crippen molar-refractivity contribution in [2.75, 3.05) is 0 Å². The zero-order valence-corrected chi connectivity index (χ0v) is 12.3. The monoisotopic (exact) mass is 324 g/mol. The Morgan fingerprint density at radius 2 is 2.22 bits per heavy atom. The fraction of sp³-hybridized carbons (Fsp3) is 0.357. The maximum Gasteiger partial charge on any atom is 0.0663 e. The zero-order valence-electron chi connectivity index (χ0n) is 9.94. The SMILES string of the molecule is ClCc1cnn(Cc2cccc(Br)c2)c1C1CC1. The Morgan fingerprint density at radius 1 is 1.39 bits per heavy atom. The van der Waals surface area contributed by atoms with Crippen LogP contribution in [-0.4, -0.2) is 9.78 Å². The van der Waals surface area contributed by atoms with Gasteiger partial charge in [0, 0.05) is 21.6 Å². The van der Waals surface area contributed by atoms with Gasteiger partial charge in [-0.25, -0.2) is 0 Å². The molecule has 1 saturated carbocycles. The molecule has 0 bridgehead atoms. The lowest BCUT2D eigenvalue weighted by atomic mass is 10.2. The van der Waals surface area contributed by atoms with E-state index in [2.05, 4.69) is 43.9 Å². The van der Waals surface area contributed by atoms with Crippen molar-refractivity contribution in [1.82, 2.24) is 9.78 Å². The van der Waals surface area contributed by atoms with Crippen LogP contribution in [0.25, 0.3) is 0 Å².